The molecule has 20 heavy (non-hydrogen) atoms. The maximum absolute atomic E-state index is 5.45. The molecule has 0 heterocycles. The first kappa shape index (κ1) is 16.7. The lowest BCUT2D eigenvalue weighted by molar-refractivity contribution is 0.0144. The highest BCUT2D eigenvalue weighted by molar-refractivity contribution is 5.62. The molecule has 0 atom stereocenters. The summed E-state index contributed by atoms with van der Waals surface area (Å²) in [4.78, 5) is 0. The fourth-order valence-electron chi connectivity index (χ4n) is 1.52. The van der Waals surface area contributed by atoms with Crippen molar-refractivity contribution in [2.45, 2.75) is 6.92 Å². The molecule has 0 unspecified atom stereocenters. The van der Waals surface area contributed by atoms with Crippen LogP contribution in [0.3, 0.4) is 0 Å². The van der Waals surface area contributed by atoms with Crippen LogP contribution in [0.5, 0.6) is 0 Å². The Morgan fingerprint density at radius 1 is 0.900 bits per heavy atom. The number of allylic oxidation sites excluding steroid dienone is 1. The molecule has 0 saturated carbocycles. The Labute approximate surface area is 121 Å². The summed E-state index contributed by atoms with van der Waals surface area (Å²) in [7, 11) is 1.65. The van der Waals surface area contributed by atoms with E-state index in [1.54, 1.807) is 13.4 Å². The van der Waals surface area contributed by atoms with E-state index in [0.29, 0.717) is 39.6 Å². The van der Waals surface area contributed by atoms with Gasteiger partial charge in [-0.3, -0.25) is 0 Å². The number of rotatable bonds is 11. The summed E-state index contributed by atoms with van der Waals surface area (Å²) in [6, 6.07) is 10.1. The first-order valence-corrected chi connectivity index (χ1v) is 6.83. The van der Waals surface area contributed by atoms with Crippen molar-refractivity contribution in [3.8, 4) is 0 Å². The summed E-state index contributed by atoms with van der Waals surface area (Å²) in [5, 5.41) is 0. The van der Waals surface area contributed by atoms with Gasteiger partial charge in [0.2, 0.25) is 0 Å². The van der Waals surface area contributed by atoms with E-state index >= 15 is 0 Å². The Kier molecular flexibility index (Phi) is 9.57. The minimum atomic E-state index is 0.544. The zero-order chi connectivity index (χ0) is 14.5. The van der Waals surface area contributed by atoms with Crippen molar-refractivity contribution in [1.82, 2.24) is 0 Å². The SMILES string of the molecule is COCCOCCOCCOC=C(C)c1ccccc1. The predicted octanol–water partition coefficient (Wildman–Crippen LogP) is 2.74. The van der Waals surface area contributed by atoms with Crippen molar-refractivity contribution in [3.05, 3.63) is 42.2 Å². The first-order chi connectivity index (χ1) is 9.84. The molecule has 0 aromatic heterocycles. The van der Waals surface area contributed by atoms with Crippen LogP contribution in [0.1, 0.15) is 12.5 Å². The van der Waals surface area contributed by atoms with Crippen LogP contribution in [-0.2, 0) is 18.9 Å². The van der Waals surface area contributed by atoms with Gasteiger partial charge in [-0.15, -0.1) is 0 Å². The minimum absolute atomic E-state index is 0.544. The highest BCUT2D eigenvalue weighted by atomic mass is 16.5. The van der Waals surface area contributed by atoms with Crippen molar-refractivity contribution < 1.29 is 18.9 Å². The number of hydrogen-bond acceptors (Lipinski definition) is 4. The molecule has 0 aliphatic carbocycles. The topological polar surface area (TPSA) is 36.9 Å². The molecule has 0 bridgehead atoms. The second-order valence-electron chi connectivity index (χ2n) is 4.26. The van der Waals surface area contributed by atoms with Crippen molar-refractivity contribution >= 4 is 5.57 Å². The van der Waals surface area contributed by atoms with Gasteiger partial charge in [-0.05, 0) is 18.1 Å². The van der Waals surface area contributed by atoms with Gasteiger partial charge in [0.1, 0.15) is 6.61 Å². The molecule has 0 fully saturated rings. The van der Waals surface area contributed by atoms with E-state index in [2.05, 4.69) is 12.1 Å². The number of methoxy groups -OCH3 is 1. The maximum Gasteiger partial charge on any atom is 0.111 e. The van der Waals surface area contributed by atoms with Crippen LogP contribution in [0.25, 0.3) is 5.57 Å². The average molecular weight is 280 g/mol. The van der Waals surface area contributed by atoms with E-state index in [4.69, 9.17) is 18.9 Å². The van der Waals surface area contributed by atoms with Gasteiger partial charge in [-0.2, -0.15) is 0 Å². The van der Waals surface area contributed by atoms with E-state index in [-0.39, 0.29) is 0 Å². The van der Waals surface area contributed by atoms with E-state index < -0.39 is 0 Å². The quantitative estimate of drug-likeness (QED) is 0.461. The lowest BCUT2D eigenvalue weighted by Gasteiger charge is -2.06. The van der Waals surface area contributed by atoms with Gasteiger partial charge >= 0.3 is 0 Å². The molecule has 0 aliphatic heterocycles. The van der Waals surface area contributed by atoms with Crippen LogP contribution in [0.4, 0.5) is 0 Å². The highest BCUT2D eigenvalue weighted by Gasteiger charge is 1.94. The summed E-state index contributed by atoms with van der Waals surface area (Å²) in [6.07, 6.45) is 1.77. The normalized spacial score (nSPS) is 11.6. The van der Waals surface area contributed by atoms with Crippen LogP contribution in [-0.4, -0.2) is 46.8 Å². The summed E-state index contributed by atoms with van der Waals surface area (Å²) in [6.45, 7) is 5.52. The standard InChI is InChI=1S/C16H24O4/c1-15(16-6-4-3-5-7-16)14-20-13-12-19-11-10-18-9-8-17-2/h3-7,14H,8-13H2,1-2H3. The van der Waals surface area contributed by atoms with Crippen LogP contribution >= 0.6 is 0 Å². The Bertz CT molecular complexity index is 362. The Balaban J connectivity index is 1.99. The van der Waals surface area contributed by atoms with Gasteiger partial charge in [0.15, 0.2) is 0 Å². The van der Waals surface area contributed by atoms with Crippen molar-refractivity contribution in [2.75, 3.05) is 46.8 Å². The van der Waals surface area contributed by atoms with Crippen LogP contribution in [0, 0.1) is 0 Å². The second-order valence-corrected chi connectivity index (χ2v) is 4.26. The van der Waals surface area contributed by atoms with Crippen LogP contribution in [0.2, 0.25) is 0 Å². The minimum Gasteiger partial charge on any atom is -0.498 e. The van der Waals surface area contributed by atoms with E-state index in [9.17, 15) is 0 Å². The summed E-state index contributed by atoms with van der Waals surface area (Å²) < 4.78 is 21.0. The number of hydrogen-bond donors (Lipinski definition) is 0. The summed E-state index contributed by atoms with van der Waals surface area (Å²) >= 11 is 0. The smallest absolute Gasteiger partial charge is 0.111 e. The Morgan fingerprint density at radius 3 is 2.15 bits per heavy atom. The average Bonchev–Trinajstić information content (AvgIpc) is 2.50. The summed E-state index contributed by atoms with van der Waals surface area (Å²) in [5.74, 6) is 0. The molecule has 0 radical (unpaired) electrons. The third-order valence-corrected chi connectivity index (χ3v) is 2.64. The van der Waals surface area contributed by atoms with Gasteiger partial charge in [0, 0.05) is 7.11 Å². The first-order valence-electron chi connectivity index (χ1n) is 6.83. The van der Waals surface area contributed by atoms with Crippen molar-refractivity contribution in [1.29, 1.82) is 0 Å². The van der Waals surface area contributed by atoms with Gasteiger partial charge in [-0.25, -0.2) is 0 Å². The van der Waals surface area contributed by atoms with Gasteiger partial charge in [-0.1, -0.05) is 30.3 Å². The second kappa shape index (κ2) is 11.5. The van der Waals surface area contributed by atoms with Gasteiger partial charge in [0.25, 0.3) is 0 Å². The van der Waals surface area contributed by atoms with Gasteiger partial charge in [0.05, 0.1) is 39.3 Å². The lowest BCUT2D eigenvalue weighted by Crippen LogP contribution is -2.10. The molecular formula is C16H24O4. The van der Waals surface area contributed by atoms with Crippen LogP contribution in [0.15, 0.2) is 36.6 Å². The largest absolute Gasteiger partial charge is 0.498 e. The molecule has 4 nitrogen and oxygen atoms in total. The molecule has 112 valence electrons. The van der Waals surface area contributed by atoms with E-state index in [1.807, 2.05) is 25.1 Å². The molecule has 4 heteroatoms. The predicted molar refractivity (Wildman–Crippen MR) is 79.6 cm³/mol. The third-order valence-electron chi connectivity index (χ3n) is 2.64. The van der Waals surface area contributed by atoms with E-state index in [0.717, 1.165) is 5.57 Å². The molecule has 0 N–H and O–H groups in total. The zero-order valence-corrected chi connectivity index (χ0v) is 12.3. The molecule has 1 aromatic carbocycles. The van der Waals surface area contributed by atoms with Crippen LogP contribution < -0.4 is 0 Å². The molecule has 1 rings (SSSR count). The number of benzene rings is 1. The Hall–Kier alpha value is -1.36. The lowest BCUT2D eigenvalue weighted by atomic mass is 10.1. The monoisotopic (exact) mass is 280 g/mol. The fraction of sp³-hybridized carbons (Fsp3) is 0.500. The maximum atomic E-state index is 5.45. The highest BCUT2D eigenvalue weighted by Crippen LogP contribution is 2.12. The van der Waals surface area contributed by atoms with Crippen molar-refractivity contribution in [2.24, 2.45) is 0 Å². The molecule has 0 saturated heterocycles. The number of ether oxygens (including phenoxy) is 4. The summed E-state index contributed by atoms with van der Waals surface area (Å²) in [5.41, 5.74) is 2.27. The van der Waals surface area contributed by atoms with Crippen molar-refractivity contribution in [3.63, 3.8) is 0 Å². The molecule has 0 aliphatic rings. The molecule has 0 spiro atoms. The van der Waals surface area contributed by atoms with Gasteiger partial charge < -0.3 is 18.9 Å². The zero-order valence-electron chi connectivity index (χ0n) is 12.3. The molecular weight excluding hydrogens is 256 g/mol. The molecule has 1 aromatic rings. The molecule has 0 amide bonds. The third kappa shape index (κ3) is 7.94. The fourth-order valence-corrected chi connectivity index (χ4v) is 1.52. The Morgan fingerprint density at radius 2 is 1.50 bits per heavy atom. The van der Waals surface area contributed by atoms with E-state index in [1.165, 1.54) is 5.56 Å².